The van der Waals surface area contributed by atoms with Crippen molar-refractivity contribution in [2.75, 3.05) is 13.2 Å². The normalized spacial score (nSPS) is 17.7. The number of hydrogen-bond donors (Lipinski definition) is 0. The molecular formula is C21H22N2O5S. The topological polar surface area (TPSA) is 85.7 Å². The third kappa shape index (κ3) is 3.48. The number of sulfonamides is 1. The smallest absolute Gasteiger partial charge is 0.330 e. The molecule has 152 valence electrons. The first-order chi connectivity index (χ1) is 13.8. The van der Waals surface area contributed by atoms with Gasteiger partial charge in [-0.1, -0.05) is 12.1 Å². The van der Waals surface area contributed by atoms with Gasteiger partial charge in [0, 0.05) is 23.5 Å². The lowest BCUT2D eigenvalue weighted by Crippen LogP contribution is -2.33. The predicted octanol–water partition coefficient (Wildman–Crippen LogP) is 2.84. The standard InChI is InChI=1S/C21H22N2O5S/c1-14-13-16(15(2)23(14)17-8-9-17)7-10-20(24)28-12-11-22-21(25)18-5-3-4-6-19(18)29(22,26)27/h3-7,10,13,17H,8-9,11-12H2,1-2H3/b10-7+. The molecule has 2 aromatic rings. The number of carbonyl (C=O) groups excluding carboxylic acids is 2. The van der Waals surface area contributed by atoms with E-state index < -0.39 is 21.9 Å². The summed E-state index contributed by atoms with van der Waals surface area (Å²) in [4.78, 5) is 24.3. The van der Waals surface area contributed by atoms with E-state index in [1.807, 2.05) is 19.9 Å². The van der Waals surface area contributed by atoms with Crippen molar-refractivity contribution < 1.29 is 22.7 Å². The summed E-state index contributed by atoms with van der Waals surface area (Å²) >= 11 is 0. The first-order valence-electron chi connectivity index (χ1n) is 9.50. The lowest BCUT2D eigenvalue weighted by molar-refractivity contribution is -0.137. The monoisotopic (exact) mass is 414 g/mol. The molecule has 1 fully saturated rings. The number of aryl methyl sites for hydroxylation is 1. The van der Waals surface area contributed by atoms with Crippen molar-refractivity contribution in [3.63, 3.8) is 0 Å². The lowest BCUT2D eigenvalue weighted by Gasteiger charge is -2.14. The number of esters is 1. The molecule has 0 radical (unpaired) electrons. The summed E-state index contributed by atoms with van der Waals surface area (Å²) in [5.41, 5.74) is 3.37. The number of aromatic nitrogens is 1. The molecule has 4 rings (SSSR count). The molecule has 1 saturated carbocycles. The van der Waals surface area contributed by atoms with E-state index in [1.165, 1.54) is 31.1 Å². The van der Waals surface area contributed by atoms with Crippen molar-refractivity contribution in [3.05, 3.63) is 58.9 Å². The Bertz CT molecular complexity index is 1130. The third-order valence-electron chi connectivity index (χ3n) is 5.29. The van der Waals surface area contributed by atoms with Crippen LogP contribution in [0.25, 0.3) is 6.08 Å². The minimum absolute atomic E-state index is 0.0118. The zero-order chi connectivity index (χ0) is 20.8. The van der Waals surface area contributed by atoms with Gasteiger partial charge in [-0.05, 0) is 56.5 Å². The van der Waals surface area contributed by atoms with E-state index in [9.17, 15) is 18.0 Å². The summed E-state index contributed by atoms with van der Waals surface area (Å²) in [6, 6.07) is 8.65. The third-order valence-corrected chi connectivity index (χ3v) is 7.13. The summed E-state index contributed by atoms with van der Waals surface area (Å²) in [5.74, 6) is -1.18. The number of nitrogens with zero attached hydrogens (tertiary/aromatic N) is 2. The fraction of sp³-hybridized carbons (Fsp3) is 0.333. The molecule has 1 aromatic carbocycles. The van der Waals surface area contributed by atoms with E-state index in [0.717, 1.165) is 21.3 Å². The van der Waals surface area contributed by atoms with E-state index in [1.54, 1.807) is 18.2 Å². The van der Waals surface area contributed by atoms with Gasteiger partial charge in [-0.3, -0.25) is 4.79 Å². The van der Waals surface area contributed by atoms with Gasteiger partial charge in [0.2, 0.25) is 0 Å². The van der Waals surface area contributed by atoms with Crippen LogP contribution in [0.15, 0.2) is 41.3 Å². The maximum atomic E-state index is 12.5. The molecule has 0 N–H and O–H groups in total. The minimum atomic E-state index is -3.89. The van der Waals surface area contributed by atoms with Crippen molar-refractivity contribution in [2.24, 2.45) is 0 Å². The van der Waals surface area contributed by atoms with Crippen molar-refractivity contribution >= 4 is 28.0 Å². The van der Waals surface area contributed by atoms with Gasteiger partial charge in [-0.15, -0.1) is 0 Å². The Kier molecular flexibility index (Phi) is 4.82. The van der Waals surface area contributed by atoms with Gasteiger partial charge in [0.25, 0.3) is 15.9 Å². The summed E-state index contributed by atoms with van der Waals surface area (Å²) in [6.07, 6.45) is 5.40. The zero-order valence-electron chi connectivity index (χ0n) is 16.3. The Morgan fingerprint density at radius 2 is 1.97 bits per heavy atom. The van der Waals surface area contributed by atoms with Crippen LogP contribution in [0.1, 0.15) is 46.2 Å². The molecule has 2 heterocycles. The predicted molar refractivity (Wildman–Crippen MR) is 107 cm³/mol. The Balaban J connectivity index is 1.36. The highest BCUT2D eigenvalue weighted by Crippen LogP contribution is 2.38. The van der Waals surface area contributed by atoms with Crippen molar-refractivity contribution in [2.45, 2.75) is 37.6 Å². The van der Waals surface area contributed by atoms with Crippen LogP contribution in [0.5, 0.6) is 0 Å². The second-order valence-corrected chi connectivity index (χ2v) is 9.14. The van der Waals surface area contributed by atoms with Gasteiger partial charge in [0.1, 0.15) is 11.5 Å². The number of benzene rings is 1. The van der Waals surface area contributed by atoms with Crippen molar-refractivity contribution in [1.29, 1.82) is 0 Å². The number of amides is 1. The molecule has 0 atom stereocenters. The summed E-state index contributed by atoms with van der Waals surface area (Å²) in [7, 11) is -3.89. The Morgan fingerprint density at radius 3 is 2.66 bits per heavy atom. The first kappa shape index (κ1) is 19.4. The highest BCUT2D eigenvalue weighted by molar-refractivity contribution is 7.90. The molecule has 0 unspecified atom stereocenters. The van der Waals surface area contributed by atoms with Crippen LogP contribution in [0.2, 0.25) is 0 Å². The van der Waals surface area contributed by atoms with Gasteiger partial charge in [0.05, 0.1) is 12.1 Å². The molecule has 7 nitrogen and oxygen atoms in total. The van der Waals surface area contributed by atoms with Crippen LogP contribution in [0, 0.1) is 13.8 Å². The fourth-order valence-electron chi connectivity index (χ4n) is 3.75. The summed E-state index contributed by atoms with van der Waals surface area (Å²) in [6.45, 7) is 3.65. The Morgan fingerprint density at radius 1 is 1.24 bits per heavy atom. The summed E-state index contributed by atoms with van der Waals surface area (Å²) in [5, 5.41) is 0. The lowest BCUT2D eigenvalue weighted by atomic mass is 10.2. The van der Waals surface area contributed by atoms with Gasteiger partial charge in [-0.25, -0.2) is 17.5 Å². The average molecular weight is 414 g/mol. The molecule has 1 aromatic heterocycles. The quantitative estimate of drug-likeness (QED) is 0.536. The van der Waals surface area contributed by atoms with E-state index in [4.69, 9.17) is 4.74 Å². The fourth-order valence-corrected chi connectivity index (χ4v) is 5.31. The molecule has 0 bridgehead atoms. The second kappa shape index (κ2) is 7.18. The number of fused-ring (bicyclic) bond motifs is 1. The van der Waals surface area contributed by atoms with Crippen LogP contribution >= 0.6 is 0 Å². The van der Waals surface area contributed by atoms with Crippen LogP contribution in [-0.2, 0) is 19.6 Å². The Labute approximate surface area is 169 Å². The average Bonchev–Trinajstić information content (AvgIpc) is 3.44. The molecule has 29 heavy (non-hydrogen) atoms. The van der Waals surface area contributed by atoms with E-state index in [0.29, 0.717) is 6.04 Å². The van der Waals surface area contributed by atoms with Crippen LogP contribution in [-0.4, -0.2) is 42.3 Å². The van der Waals surface area contributed by atoms with Gasteiger partial charge >= 0.3 is 5.97 Å². The van der Waals surface area contributed by atoms with Crippen LogP contribution in [0.3, 0.4) is 0 Å². The number of ether oxygens (including phenoxy) is 1. The van der Waals surface area contributed by atoms with E-state index in [-0.39, 0.29) is 23.6 Å². The van der Waals surface area contributed by atoms with Gasteiger partial charge in [-0.2, -0.15) is 0 Å². The van der Waals surface area contributed by atoms with E-state index in [2.05, 4.69) is 4.57 Å². The Hall–Kier alpha value is -2.87. The molecule has 2 aliphatic rings. The summed E-state index contributed by atoms with van der Waals surface area (Å²) < 4.78 is 33.1. The maximum Gasteiger partial charge on any atom is 0.330 e. The van der Waals surface area contributed by atoms with Crippen molar-refractivity contribution in [1.82, 2.24) is 8.87 Å². The molecule has 0 saturated heterocycles. The van der Waals surface area contributed by atoms with Crippen LogP contribution < -0.4 is 0 Å². The molecule has 8 heteroatoms. The maximum absolute atomic E-state index is 12.5. The molecule has 1 aliphatic carbocycles. The van der Waals surface area contributed by atoms with Gasteiger partial charge < -0.3 is 9.30 Å². The highest BCUT2D eigenvalue weighted by atomic mass is 32.2. The number of hydrogen-bond acceptors (Lipinski definition) is 5. The molecule has 1 amide bonds. The molecule has 1 aliphatic heterocycles. The minimum Gasteiger partial charge on any atom is -0.461 e. The largest absolute Gasteiger partial charge is 0.461 e. The first-order valence-corrected chi connectivity index (χ1v) is 10.9. The highest BCUT2D eigenvalue weighted by Gasteiger charge is 2.40. The number of rotatable bonds is 6. The SMILES string of the molecule is Cc1cc(/C=C/C(=O)OCCN2C(=O)c3ccccc3S2(=O)=O)c(C)n1C1CC1. The van der Waals surface area contributed by atoms with Crippen LogP contribution in [0.4, 0.5) is 0 Å². The molecule has 0 spiro atoms. The van der Waals surface area contributed by atoms with Crippen molar-refractivity contribution in [3.8, 4) is 0 Å². The second-order valence-electron chi connectivity index (χ2n) is 7.31. The molecular weight excluding hydrogens is 392 g/mol. The zero-order valence-corrected chi connectivity index (χ0v) is 17.1. The van der Waals surface area contributed by atoms with Gasteiger partial charge in [0.15, 0.2) is 0 Å². The van der Waals surface area contributed by atoms with E-state index >= 15 is 0 Å². The number of carbonyl (C=O) groups is 2.